The molecular weight excluding hydrogens is 307 g/mol. The molecule has 3 rings (SSSR count). The van der Waals surface area contributed by atoms with Crippen LogP contribution in [0, 0.1) is 12.7 Å². The van der Waals surface area contributed by atoms with Gasteiger partial charge in [0.15, 0.2) is 0 Å². The smallest absolute Gasteiger partial charge is 0.280 e. The van der Waals surface area contributed by atoms with E-state index in [0.717, 1.165) is 16.7 Å². The van der Waals surface area contributed by atoms with Gasteiger partial charge in [-0.25, -0.2) is 9.37 Å². The Bertz CT molecular complexity index is 923. The number of nitrogens with zero attached hydrogens (tertiary/aromatic N) is 2. The number of rotatable bonds is 1. The summed E-state index contributed by atoms with van der Waals surface area (Å²) in [6.07, 6.45) is -0.405. The van der Waals surface area contributed by atoms with Crippen molar-refractivity contribution in [2.45, 2.75) is 25.5 Å². The molecule has 1 aromatic carbocycles. The second-order valence-electron chi connectivity index (χ2n) is 5.38. The van der Waals surface area contributed by atoms with Gasteiger partial charge in [-0.3, -0.25) is 24.3 Å². The molecule has 23 heavy (non-hydrogen) atoms. The summed E-state index contributed by atoms with van der Waals surface area (Å²) in [4.78, 5) is 40.1. The number of anilines is 1. The number of nitrogen functional groups attached to an aromatic ring is 1. The first kappa shape index (κ1) is 15.1. The van der Waals surface area contributed by atoms with Gasteiger partial charge >= 0.3 is 0 Å². The van der Waals surface area contributed by atoms with Gasteiger partial charge in [0.2, 0.25) is 11.6 Å². The molecular formula is C14H13FN4O4. The first-order valence-corrected chi connectivity index (χ1v) is 6.79. The van der Waals surface area contributed by atoms with Crippen molar-refractivity contribution in [3.05, 3.63) is 34.1 Å². The van der Waals surface area contributed by atoms with Crippen molar-refractivity contribution in [2.24, 2.45) is 0 Å². The van der Waals surface area contributed by atoms with E-state index in [1.807, 2.05) is 5.32 Å². The van der Waals surface area contributed by atoms with Gasteiger partial charge in [0.1, 0.15) is 11.6 Å². The number of imide groups is 1. The van der Waals surface area contributed by atoms with Crippen LogP contribution in [0.15, 0.2) is 16.9 Å². The van der Waals surface area contributed by atoms with E-state index in [4.69, 9.17) is 5.73 Å². The quantitative estimate of drug-likeness (QED) is 0.480. The molecule has 1 saturated heterocycles. The number of carbonyl (C=O) groups excluding carboxylic acids is 2. The minimum atomic E-state index is -2.25. The van der Waals surface area contributed by atoms with Crippen molar-refractivity contribution in [3.63, 3.8) is 0 Å². The van der Waals surface area contributed by atoms with Crippen LogP contribution in [-0.2, 0) is 15.3 Å². The highest BCUT2D eigenvalue weighted by Crippen LogP contribution is 2.26. The van der Waals surface area contributed by atoms with Crippen LogP contribution in [0.2, 0.25) is 0 Å². The number of carbonyl (C=O) groups is 2. The summed E-state index contributed by atoms with van der Waals surface area (Å²) in [6.45, 7) is 1.39. The summed E-state index contributed by atoms with van der Waals surface area (Å²) < 4.78 is 14.2. The maximum Gasteiger partial charge on any atom is 0.280 e. The Morgan fingerprint density at radius 1 is 1.39 bits per heavy atom. The SMILES string of the molecule is Cc1nc2cc(F)cc(N)c2c(=O)n1C1(O)CCC(=O)NC1=O. The minimum Gasteiger partial charge on any atom is -0.398 e. The zero-order valence-corrected chi connectivity index (χ0v) is 12.1. The number of piperidine rings is 1. The predicted molar refractivity (Wildman–Crippen MR) is 77.7 cm³/mol. The zero-order chi connectivity index (χ0) is 16.9. The Balaban J connectivity index is 2.33. The summed E-state index contributed by atoms with van der Waals surface area (Å²) in [6, 6.07) is 2.00. The molecule has 1 atom stereocenters. The zero-order valence-electron chi connectivity index (χ0n) is 12.1. The molecule has 2 heterocycles. The van der Waals surface area contributed by atoms with E-state index in [-0.39, 0.29) is 35.3 Å². The van der Waals surface area contributed by atoms with Crippen LogP contribution in [0.1, 0.15) is 18.7 Å². The molecule has 120 valence electrons. The molecule has 4 N–H and O–H groups in total. The van der Waals surface area contributed by atoms with Crippen LogP contribution >= 0.6 is 0 Å². The molecule has 0 bridgehead atoms. The molecule has 1 aliphatic heterocycles. The fourth-order valence-corrected chi connectivity index (χ4v) is 2.76. The third-order valence-corrected chi connectivity index (χ3v) is 3.82. The second kappa shape index (κ2) is 4.85. The molecule has 1 aliphatic rings. The Labute approximate surface area is 128 Å². The van der Waals surface area contributed by atoms with E-state index < -0.39 is 28.9 Å². The van der Waals surface area contributed by atoms with Crippen LogP contribution in [0.5, 0.6) is 0 Å². The van der Waals surface area contributed by atoms with Gasteiger partial charge in [0, 0.05) is 24.6 Å². The summed E-state index contributed by atoms with van der Waals surface area (Å²) in [5.41, 5.74) is 2.52. The standard InChI is InChI=1S/C14H13FN4O4/c1-6-17-9-5-7(15)4-8(16)11(9)12(21)19(6)14(23)3-2-10(20)18-13(14)22/h4-5,23H,2-3,16H2,1H3,(H,18,20,22). The number of benzene rings is 1. The largest absolute Gasteiger partial charge is 0.398 e. The van der Waals surface area contributed by atoms with E-state index in [1.54, 1.807) is 0 Å². The molecule has 9 heteroatoms. The summed E-state index contributed by atoms with van der Waals surface area (Å²) in [5.74, 6) is -2.21. The molecule has 1 aromatic heterocycles. The highest BCUT2D eigenvalue weighted by Gasteiger charge is 2.44. The summed E-state index contributed by atoms with van der Waals surface area (Å²) in [5, 5.41) is 12.5. The lowest BCUT2D eigenvalue weighted by molar-refractivity contribution is -0.161. The highest BCUT2D eigenvalue weighted by atomic mass is 19.1. The van der Waals surface area contributed by atoms with Gasteiger partial charge in [0.05, 0.1) is 10.9 Å². The number of aryl methyl sites for hydroxylation is 1. The Kier molecular flexibility index (Phi) is 3.18. The molecule has 0 radical (unpaired) electrons. The van der Waals surface area contributed by atoms with E-state index in [1.165, 1.54) is 6.92 Å². The second-order valence-corrected chi connectivity index (χ2v) is 5.38. The van der Waals surface area contributed by atoms with Gasteiger partial charge < -0.3 is 10.8 Å². The number of nitrogens with one attached hydrogen (secondary N) is 1. The molecule has 1 fully saturated rings. The average Bonchev–Trinajstić information content (AvgIpc) is 2.42. The van der Waals surface area contributed by atoms with Crippen molar-refractivity contribution in [1.29, 1.82) is 0 Å². The van der Waals surface area contributed by atoms with Crippen LogP contribution in [0.3, 0.4) is 0 Å². The molecule has 2 aromatic rings. The van der Waals surface area contributed by atoms with Crippen molar-refractivity contribution in [1.82, 2.24) is 14.9 Å². The lowest BCUT2D eigenvalue weighted by Gasteiger charge is -2.32. The van der Waals surface area contributed by atoms with Gasteiger partial charge in [0.25, 0.3) is 11.5 Å². The van der Waals surface area contributed by atoms with Gasteiger partial charge in [-0.1, -0.05) is 0 Å². The van der Waals surface area contributed by atoms with E-state index >= 15 is 0 Å². The first-order chi connectivity index (χ1) is 10.7. The number of aliphatic hydroxyl groups is 1. The number of hydrogen-bond donors (Lipinski definition) is 3. The van der Waals surface area contributed by atoms with Gasteiger partial charge in [-0.2, -0.15) is 0 Å². The van der Waals surface area contributed by atoms with Crippen LogP contribution in [-0.4, -0.2) is 26.5 Å². The van der Waals surface area contributed by atoms with Crippen LogP contribution < -0.4 is 16.6 Å². The predicted octanol–water partition coefficient (Wildman–Crippen LogP) is -0.492. The van der Waals surface area contributed by atoms with Gasteiger partial charge in [-0.05, 0) is 13.0 Å². The number of aromatic nitrogens is 2. The van der Waals surface area contributed by atoms with Crippen LogP contribution in [0.25, 0.3) is 10.9 Å². The maximum atomic E-state index is 13.4. The molecule has 8 nitrogen and oxygen atoms in total. The van der Waals surface area contributed by atoms with Crippen molar-refractivity contribution < 1.29 is 19.1 Å². The number of fused-ring (bicyclic) bond motifs is 1. The van der Waals surface area contributed by atoms with E-state index in [0.29, 0.717) is 0 Å². The van der Waals surface area contributed by atoms with Crippen LogP contribution in [0.4, 0.5) is 10.1 Å². The normalized spacial score (nSPS) is 21.5. The minimum absolute atomic E-state index is 0.000464. The lowest BCUT2D eigenvalue weighted by atomic mass is 10.0. The maximum absolute atomic E-state index is 13.4. The topological polar surface area (TPSA) is 127 Å². The number of amides is 2. The first-order valence-electron chi connectivity index (χ1n) is 6.79. The van der Waals surface area contributed by atoms with E-state index in [2.05, 4.69) is 4.98 Å². The van der Waals surface area contributed by atoms with Crippen molar-refractivity contribution in [2.75, 3.05) is 5.73 Å². The third-order valence-electron chi connectivity index (χ3n) is 3.82. The fourth-order valence-electron chi connectivity index (χ4n) is 2.76. The van der Waals surface area contributed by atoms with Crippen molar-refractivity contribution >= 4 is 28.4 Å². The Morgan fingerprint density at radius 3 is 2.74 bits per heavy atom. The number of halogens is 1. The molecule has 0 spiro atoms. The molecule has 2 amide bonds. The molecule has 1 unspecified atom stereocenters. The number of hydrogen-bond acceptors (Lipinski definition) is 6. The average molecular weight is 320 g/mol. The van der Waals surface area contributed by atoms with E-state index in [9.17, 15) is 23.9 Å². The Morgan fingerprint density at radius 2 is 2.09 bits per heavy atom. The summed E-state index contributed by atoms with van der Waals surface area (Å²) in [7, 11) is 0. The van der Waals surface area contributed by atoms with Gasteiger partial charge in [-0.15, -0.1) is 0 Å². The fraction of sp³-hybridized carbons (Fsp3) is 0.286. The monoisotopic (exact) mass is 320 g/mol. The van der Waals surface area contributed by atoms with Crippen molar-refractivity contribution in [3.8, 4) is 0 Å². The third kappa shape index (κ3) is 2.16. The number of nitrogens with two attached hydrogens (primary N) is 1. The highest BCUT2D eigenvalue weighted by molar-refractivity contribution is 6.01. The molecule has 0 saturated carbocycles. The summed E-state index contributed by atoms with van der Waals surface area (Å²) >= 11 is 0. The molecule has 0 aliphatic carbocycles. The Hall–Kier alpha value is -2.81. The lowest BCUT2D eigenvalue weighted by Crippen LogP contribution is -2.58.